The maximum Gasteiger partial charge on any atom is 0.207 e. The summed E-state index contributed by atoms with van der Waals surface area (Å²) in [6.07, 6.45) is 2.65. The van der Waals surface area contributed by atoms with Crippen LogP contribution in [0.1, 0.15) is 5.56 Å². The van der Waals surface area contributed by atoms with E-state index >= 15 is 0 Å². The van der Waals surface area contributed by atoms with E-state index in [-0.39, 0.29) is 0 Å². The molecule has 0 spiro atoms. The van der Waals surface area contributed by atoms with Crippen LogP contribution in [0.3, 0.4) is 0 Å². The second kappa shape index (κ2) is 9.44. The van der Waals surface area contributed by atoms with Gasteiger partial charge in [0.15, 0.2) is 5.75 Å². The lowest BCUT2D eigenvalue weighted by Gasteiger charge is -2.08. The second-order valence-corrected chi connectivity index (χ2v) is 4.06. The molecule has 0 heterocycles. The smallest absolute Gasteiger partial charge is 0.207 e. The summed E-state index contributed by atoms with van der Waals surface area (Å²) in [6, 6.07) is 14.4. The summed E-state index contributed by atoms with van der Waals surface area (Å²) in [7, 11) is 3.05. The van der Waals surface area contributed by atoms with Crippen molar-refractivity contribution in [3.8, 4) is 17.2 Å². The summed E-state index contributed by atoms with van der Waals surface area (Å²) in [6.45, 7) is 3.67. The highest BCUT2D eigenvalue weighted by molar-refractivity contribution is 5.43. The van der Waals surface area contributed by atoms with Crippen LogP contribution >= 0.6 is 0 Å². The zero-order chi connectivity index (χ0) is 15.5. The Labute approximate surface area is 125 Å². The highest BCUT2D eigenvalue weighted by Crippen LogP contribution is 2.28. The fraction of sp³-hybridized carbons (Fsp3) is 0.176. The molecule has 2 aromatic rings. The Morgan fingerprint density at radius 2 is 1.76 bits per heavy atom. The normalized spacial score (nSPS) is 9.24. The van der Waals surface area contributed by atoms with Gasteiger partial charge in [-0.1, -0.05) is 30.3 Å². The molecule has 0 atom stereocenters. The van der Waals surface area contributed by atoms with E-state index in [1.54, 1.807) is 37.4 Å². The summed E-state index contributed by atoms with van der Waals surface area (Å²) in [5.41, 5.74) is 1.13. The third kappa shape index (κ3) is 6.01. The minimum Gasteiger partial charge on any atom is -0.508 e. The van der Waals surface area contributed by atoms with Gasteiger partial charge in [-0.15, -0.1) is 6.58 Å². The molecule has 0 amide bonds. The van der Waals surface area contributed by atoms with Gasteiger partial charge in [0.25, 0.3) is 0 Å². The van der Waals surface area contributed by atoms with Crippen molar-refractivity contribution in [2.24, 2.45) is 0 Å². The van der Waals surface area contributed by atoms with Crippen molar-refractivity contribution in [3.05, 3.63) is 66.7 Å². The predicted molar refractivity (Wildman–Crippen MR) is 82.6 cm³/mol. The van der Waals surface area contributed by atoms with Crippen LogP contribution < -0.4 is 9.62 Å². The Bertz CT molecular complexity index is 538. The number of ether oxygens (including phenoxy) is 1. The predicted octanol–water partition coefficient (Wildman–Crippen LogP) is 3.76. The average Bonchev–Trinajstić information content (AvgIpc) is 2.51. The molecule has 0 saturated heterocycles. The van der Waals surface area contributed by atoms with Crippen molar-refractivity contribution in [1.82, 2.24) is 0 Å². The standard InChI is InChI=1S/C11H14O3.C6H6O/c1-4-5-9-6-7-10(14-13-3)11(8-9)12-2;7-6-4-2-1-3-5-6/h4,6-8H,1,5H2,2-3H3;1-5,7H. The third-order valence-electron chi connectivity index (χ3n) is 2.54. The van der Waals surface area contributed by atoms with Crippen molar-refractivity contribution in [2.75, 3.05) is 14.2 Å². The second-order valence-electron chi connectivity index (χ2n) is 4.06. The van der Waals surface area contributed by atoms with Crippen molar-refractivity contribution < 1.29 is 19.6 Å². The van der Waals surface area contributed by atoms with Crippen molar-refractivity contribution in [2.45, 2.75) is 6.42 Å². The van der Waals surface area contributed by atoms with E-state index in [0.717, 1.165) is 12.0 Å². The van der Waals surface area contributed by atoms with Gasteiger partial charge < -0.3 is 14.7 Å². The highest BCUT2D eigenvalue weighted by Gasteiger charge is 2.05. The minimum absolute atomic E-state index is 0.322. The van der Waals surface area contributed by atoms with E-state index in [9.17, 15) is 0 Å². The SMILES string of the molecule is C=CCc1ccc(OOC)c(OC)c1.Oc1ccccc1. The molecule has 1 N–H and O–H groups in total. The van der Waals surface area contributed by atoms with Crippen LogP contribution in [0.4, 0.5) is 0 Å². The average molecular weight is 288 g/mol. The van der Waals surface area contributed by atoms with E-state index in [0.29, 0.717) is 17.2 Å². The van der Waals surface area contributed by atoms with Gasteiger partial charge in [-0.3, -0.25) is 0 Å². The highest BCUT2D eigenvalue weighted by atomic mass is 17.2. The van der Waals surface area contributed by atoms with Crippen molar-refractivity contribution in [3.63, 3.8) is 0 Å². The molecule has 21 heavy (non-hydrogen) atoms. The molecule has 0 aliphatic heterocycles. The van der Waals surface area contributed by atoms with Gasteiger partial charge in [0.1, 0.15) is 5.75 Å². The van der Waals surface area contributed by atoms with Crippen LogP contribution in [-0.2, 0) is 11.3 Å². The zero-order valence-corrected chi connectivity index (χ0v) is 12.3. The minimum atomic E-state index is 0.322. The maximum atomic E-state index is 8.63. The molecule has 0 saturated carbocycles. The first-order valence-electron chi connectivity index (χ1n) is 6.43. The van der Waals surface area contributed by atoms with Gasteiger partial charge >= 0.3 is 0 Å². The fourth-order valence-electron chi connectivity index (χ4n) is 1.59. The summed E-state index contributed by atoms with van der Waals surface area (Å²) in [5, 5.41) is 8.63. The van der Waals surface area contributed by atoms with E-state index < -0.39 is 0 Å². The number of hydrogen-bond donors (Lipinski definition) is 1. The van der Waals surface area contributed by atoms with Gasteiger partial charge in [-0.2, -0.15) is 4.89 Å². The molecular weight excluding hydrogens is 268 g/mol. The topological polar surface area (TPSA) is 47.9 Å². The molecule has 4 heteroatoms. The van der Waals surface area contributed by atoms with Crippen LogP contribution in [0.5, 0.6) is 17.2 Å². The number of methoxy groups -OCH3 is 1. The summed E-state index contributed by atoms with van der Waals surface area (Å²) in [5.74, 6) is 1.55. The third-order valence-corrected chi connectivity index (χ3v) is 2.54. The number of aromatic hydroxyl groups is 1. The Balaban J connectivity index is 0.000000262. The van der Waals surface area contributed by atoms with E-state index in [4.69, 9.17) is 14.7 Å². The lowest BCUT2D eigenvalue weighted by Crippen LogP contribution is -1.95. The number of rotatable bonds is 5. The summed E-state index contributed by atoms with van der Waals surface area (Å²) < 4.78 is 5.15. The van der Waals surface area contributed by atoms with Crippen LogP contribution in [0.2, 0.25) is 0 Å². The Morgan fingerprint density at radius 3 is 2.24 bits per heavy atom. The van der Waals surface area contributed by atoms with Crippen LogP contribution in [0, 0.1) is 0 Å². The molecule has 2 aromatic carbocycles. The molecule has 4 nitrogen and oxygen atoms in total. The van der Waals surface area contributed by atoms with Crippen LogP contribution in [0.15, 0.2) is 61.2 Å². The van der Waals surface area contributed by atoms with Crippen molar-refractivity contribution >= 4 is 0 Å². The number of benzene rings is 2. The van der Waals surface area contributed by atoms with Gasteiger partial charge in [0.2, 0.25) is 5.75 Å². The zero-order valence-electron chi connectivity index (χ0n) is 12.3. The first-order chi connectivity index (χ1) is 10.2. The van der Waals surface area contributed by atoms with E-state index in [2.05, 4.69) is 11.5 Å². The largest absolute Gasteiger partial charge is 0.508 e. The molecule has 0 radical (unpaired) electrons. The lowest BCUT2D eigenvalue weighted by atomic mass is 10.1. The van der Waals surface area contributed by atoms with Gasteiger partial charge in [-0.05, 0) is 36.2 Å². The van der Waals surface area contributed by atoms with E-state index in [1.165, 1.54) is 7.11 Å². The maximum absolute atomic E-state index is 8.63. The summed E-state index contributed by atoms with van der Waals surface area (Å²) >= 11 is 0. The van der Waals surface area contributed by atoms with Crippen LogP contribution in [-0.4, -0.2) is 19.3 Å². The quantitative estimate of drug-likeness (QED) is 0.517. The number of para-hydroxylation sites is 1. The molecule has 0 aromatic heterocycles. The molecule has 0 bridgehead atoms. The van der Waals surface area contributed by atoms with Gasteiger partial charge in [0.05, 0.1) is 14.2 Å². The first-order valence-corrected chi connectivity index (χ1v) is 6.43. The summed E-state index contributed by atoms with van der Waals surface area (Å²) in [4.78, 5) is 9.48. The number of allylic oxidation sites excluding steroid dienone is 1. The van der Waals surface area contributed by atoms with Crippen LogP contribution in [0.25, 0.3) is 0 Å². The Kier molecular flexibility index (Phi) is 7.46. The number of phenols is 1. The van der Waals surface area contributed by atoms with Gasteiger partial charge in [-0.25, -0.2) is 0 Å². The Hall–Kier alpha value is -2.46. The monoisotopic (exact) mass is 288 g/mol. The molecular formula is C17H20O4. The number of phenolic OH excluding ortho intramolecular Hbond substituents is 1. The molecule has 2 rings (SSSR count). The fourth-order valence-corrected chi connectivity index (χ4v) is 1.59. The first kappa shape index (κ1) is 16.6. The van der Waals surface area contributed by atoms with E-state index in [1.807, 2.05) is 24.3 Å². The van der Waals surface area contributed by atoms with Gasteiger partial charge in [0, 0.05) is 0 Å². The number of hydrogen-bond acceptors (Lipinski definition) is 4. The lowest BCUT2D eigenvalue weighted by molar-refractivity contribution is -0.179. The molecule has 0 aliphatic carbocycles. The molecule has 0 unspecified atom stereocenters. The molecule has 112 valence electrons. The molecule has 0 aliphatic rings. The molecule has 0 fully saturated rings. The van der Waals surface area contributed by atoms with Crippen molar-refractivity contribution in [1.29, 1.82) is 0 Å². The Morgan fingerprint density at radius 1 is 1.05 bits per heavy atom.